The number of rotatable bonds is 10. The fraction of sp³-hybridized carbons (Fsp3) is 0.179. The highest BCUT2D eigenvalue weighted by atomic mass is 32.2. The first kappa shape index (κ1) is 30.8. The van der Waals surface area contributed by atoms with Gasteiger partial charge in [-0.1, -0.05) is 53.1 Å². The summed E-state index contributed by atoms with van der Waals surface area (Å²) in [5.41, 5.74) is 1.37. The number of phenolic OH excluding ortho intramolecular Hbond substituents is 1. The summed E-state index contributed by atoms with van der Waals surface area (Å²) in [7, 11) is 1.22. The molecule has 226 valence electrons. The highest BCUT2D eigenvalue weighted by molar-refractivity contribution is 8.02. The number of benzene rings is 3. The average Bonchev–Trinajstić information content (AvgIpc) is 3.67. The lowest BCUT2D eigenvalue weighted by atomic mass is 10.0. The Labute approximate surface area is 262 Å². The van der Waals surface area contributed by atoms with E-state index in [1.165, 1.54) is 81.9 Å². The molecule has 44 heavy (non-hydrogen) atoms. The van der Waals surface area contributed by atoms with Gasteiger partial charge < -0.3 is 14.6 Å². The normalized spacial score (nSPS) is 11.0. The number of hydrogen-bond donors (Lipinski definition) is 1. The molecule has 1 amide bonds. The molecule has 0 unspecified atom stereocenters. The van der Waals surface area contributed by atoms with Gasteiger partial charge in [-0.3, -0.25) is 15.0 Å². The number of nitro benzene ring substituents is 1. The summed E-state index contributed by atoms with van der Waals surface area (Å²) in [5.74, 6) is -0.481. The van der Waals surface area contributed by atoms with Crippen LogP contribution in [-0.2, 0) is 10.5 Å². The number of non-ortho nitro benzene ring substituents is 1. The number of nitro groups is 1. The van der Waals surface area contributed by atoms with E-state index in [9.17, 15) is 24.8 Å². The third-order valence-electron chi connectivity index (χ3n) is 6.44. The molecule has 5 aromatic rings. The van der Waals surface area contributed by atoms with Crippen LogP contribution in [0, 0.1) is 10.1 Å². The average molecular weight is 653 g/mol. The second-order valence-corrected chi connectivity index (χ2v) is 12.2. The molecule has 3 aromatic carbocycles. The first-order chi connectivity index (χ1) is 21.2. The Bertz CT molecular complexity index is 1860. The van der Waals surface area contributed by atoms with Crippen LogP contribution in [0.3, 0.4) is 0 Å². The molecule has 0 saturated heterocycles. The van der Waals surface area contributed by atoms with Crippen LogP contribution >= 0.6 is 34.9 Å². The quantitative estimate of drug-likeness (QED) is 0.0774. The zero-order valence-electron chi connectivity index (χ0n) is 23.5. The van der Waals surface area contributed by atoms with Crippen LogP contribution in [0.5, 0.6) is 11.6 Å². The summed E-state index contributed by atoms with van der Waals surface area (Å²) in [5, 5.41) is 35.6. The Morgan fingerprint density at radius 1 is 1.09 bits per heavy atom. The molecule has 5 rings (SSSR count). The van der Waals surface area contributed by atoms with Gasteiger partial charge in [0.05, 0.1) is 29.6 Å². The zero-order valence-corrected chi connectivity index (χ0v) is 25.9. The molecule has 0 aliphatic heterocycles. The first-order valence-corrected chi connectivity index (χ1v) is 15.9. The van der Waals surface area contributed by atoms with Gasteiger partial charge in [-0.15, -0.1) is 10.2 Å². The van der Waals surface area contributed by atoms with Gasteiger partial charge in [-0.2, -0.15) is 5.10 Å². The topological polar surface area (TPSA) is 163 Å². The van der Waals surface area contributed by atoms with E-state index in [4.69, 9.17) is 9.47 Å². The lowest BCUT2D eigenvalue weighted by molar-refractivity contribution is -0.384. The van der Waals surface area contributed by atoms with Crippen LogP contribution in [0.2, 0.25) is 0 Å². The lowest BCUT2D eigenvalue weighted by Gasteiger charge is -2.23. The summed E-state index contributed by atoms with van der Waals surface area (Å²) < 4.78 is 13.7. The van der Waals surface area contributed by atoms with Crippen molar-refractivity contribution in [1.29, 1.82) is 0 Å². The Morgan fingerprint density at radius 3 is 2.50 bits per heavy atom. The van der Waals surface area contributed by atoms with Crippen molar-refractivity contribution in [2.75, 3.05) is 24.8 Å². The van der Waals surface area contributed by atoms with Crippen molar-refractivity contribution < 1.29 is 29.1 Å². The van der Waals surface area contributed by atoms with Crippen molar-refractivity contribution in [3.8, 4) is 17.3 Å². The summed E-state index contributed by atoms with van der Waals surface area (Å²) in [4.78, 5) is 38.0. The van der Waals surface area contributed by atoms with E-state index in [-0.39, 0.29) is 29.4 Å². The highest BCUT2D eigenvalue weighted by Gasteiger charge is 2.25. The number of esters is 1. The highest BCUT2D eigenvalue weighted by Crippen LogP contribution is 2.37. The van der Waals surface area contributed by atoms with E-state index >= 15 is 0 Å². The van der Waals surface area contributed by atoms with Crippen LogP contribution in [-0.4, -0.2) is 62.0 Å². The van der Waals surface area contributed by atoms with E-state index in [1.807, 2.05) is 6.26 Å². The van der Waals surface area contributed by atoms with Crippen molar-refractivity contribution in [1.82, 2.24) is 20.0 Å². The van der Waals surface area contributed by atoms with Crippen LogP contribution < -0.4 is 9.64 Å². The SMILES string of the molecule is CCN(C(=O)Oc1c(CSc2nnc(SC)s2)cnn1-c1ccc([N+](=O)[O-])cc1)c1cccc2c(O)c(C(=O)OC)ccc12. The van der Waals surface area contributed by atoms with Crippen molar-refractivity contribution in [2.45, 2.75) is 21.4 Å². The maximum atomic E-state index is 13.8. The number of hydrogen-bond acceptors (Lipinski definition) is 13. The fourth-order valence-electron chi connectivity index (χ4n) is 4.33. The molecule has 0 bridgehead atoms. The smallest absolute Gasteiger partial charge is 0.421 e. The molecule has 0 aliphatic rings. The van der Waals surface area contributed by atoms with Crippen LogP contribution in [0.4, 0.5) is 16.2 Å². The first-order valence-electron chi connectivity index (χ1n) is 12.9. The number of thioether (sulfide) groups is 2. The fourth-order valence-corrected chi connectivity index (χ4v) is 6.72. The van der Waals surface area contributed by atoms with Crippen molar-refractivity contribution in [3.05, 3.63) is 82.0 Å². The molecule has 2 aromatic heterocycles. The minimum atomic E-state index is -0.730. The predicted molar refractivity (Wildman–Crippen MR) is 167 cm³/mol. The summed E-state index contributed by atoms with van der Waals surface area (Å²) >= 11 is 4.33. The van der Waals surface area contributed by atoms with E-state index in [0.29, 0.717) is 33.5 Å². The largest absolute Gasteiger partial charge is 0.506 e. The molecule has 16 heteroatoms. The molecule has 0 fully saturated rings. The molecule has 0 radical (unpaired) electrons. The van der Waals surface area contributed by atoms with Crippen LogP contribution in [0.25, 0.3) is 16.5 Å². The zero-order chi connectivity index (χ0) is 31.4. The number of carbonyl (C=O) groups is 2. The Balaban J connectivity index is 1.50. The summed E-state index contributed by atoms with van der Waals surface area (Å²) in [6.45, 7) is 1.97. The molecule has 0 spiro atoms. The molecular formula is C28H24N6O7S3. The minimum absolute atomic E-state index is 0.00278. The monoisotopic (exact) mass is 652 g/mol. The molecule has 0 aliphatic carbocycles. The third-order valence-corrected chi connectivity index (χ3v) is 9.52. The number of nitrogens with zero attached hydrogens (tertiary/aromatic N) is 6. The van der Waals surface area contributed by atoms with Gasteiger partial charge in [0.1, 0.15) is 11.3 Å². The van der Waals surface area contributed by atoms with Gasteiger partial charge in [-0.25, -0.2) is 14.3 Å². The minimum Gasteiger partial charge on any atom is -0.506 e. The van der Waals surface area contributed by atoms with E-state index in [1.54, 1.807) is 37.4 Å². The number of carbonyl (C=O) groups excluding carboxylic acids is 2. The molecule has 0 atom stereocenters. The second kappa shape index (κ2) is 13.3. The number of aromatic hydroxyl groups is 1. The molecule has 1 N–H and O–H groups in total. The maximum absolute atomic E-state index is 13.8. The number of amides is 1. The summed E-state index contributed by atoms with van der Waals surface area (Å²) in [6.07, 6.45) is 2.75. The van der Waals surface area contributed by atoms with Crippen molar-refractivity contribution in [2.24, 2.45) is 0 Å². The number of phenols is 1. The molecular weight excluding hydrogens is 629 g/mol. The number of methoxy groups -OCH3 is 1. The number of anilines is 1. The van der Waals surface area contributed by atoms with Gasteiger partial charge in [0.25, 0.3) is 5.69 Å². The van der Waals surface area contributed by atoms with Crippen LogP contribution in [0.15, 0.2) is 69.5 Å². The van der Waals surface area contributed by atoms with Crippen LogP contribution in [0.1, 0.15) is 22.8 Å². The number of aromatic nitrogens is 4. The summed E-state index contributed by atoms with van der Waals surface area (Å²) in [6, 6.07) is 13.8. The Morgan fingerprint density at radius 2 is 1.84 bits per heavy atom. The van der Waals surface area contributed by atoms with Gasteiger partial charge in [0.15, 0.2) is 8.68 Å². The Hall–Kier alpha value is -4.67. The van der Waals surface area contributed by atoms with Crippen molar-refractivity contribution >= 4 is 69.1 Å². The van der Waals surface area contributed by atoms with Gasteiger partial charge in [-0.05, 0) is 37.4 Å². The maximum Gasteiger partial charge on any atom is 0.421 e. The van der Waals surface area contributed by atoms with Crippen molar-refractivity contribution in [3.63, 3.8) is 0 Å². The number of ether oxygens (including phenoxy) is 2. The van der Waals surface area contributed by atoms with Gasteiger partial charge in [0, 0.05) is 40.8 Å². The lowest BCUT2D eigenvalue weighted by Crippen LogP contribution is -2.34. The second-order valence-electron chi connectivity index (χ2n) is 8.92. The van der Waals surface area contributed by atoms with E-state index in [2.05, 4.69) is 15.3 Å². The van der Waals surface area contributed by atoms with Gasteiger partial charge >= 0.3 is 12.1 Å². The molecule has 0 saturated carbocycles. The third kappa shape index (κ3) is 6.17. The molecule has 2 heterocycles. The number of fused-ring (bicyclic) bond motifs is 1. The molecule has 13 nitrogen and oxygen atoms in total. The Kier molecular flexibility index (Phi) is 9.32. The van der Waals surface area contributed by atoms with E-state index < -0.39 is 17.0 Å². The van der Waals surface area contributed by atoms with E-state index in [0.717, 1.165) is 8.68 Å². The standard InChI is InChI=1S/C28H24N6O7S3/c1-4-32(22-7-5-6-20-19(22)12-13-21(23(20)35)25(36)40-2)28(37)41-24-16(15-43-27-31-30-26(42-3)44-27)14-29-33(24)17-8-10-18(11-9-17)34(38)39/h5-14,35H,4,15H2,1-3H3. The van der Waals surface area contributed by atoms with Gasteiger partial charge in [0.2, 0.25) is 5.88 Å². The predicted octanol–water partition coefficient (Wildman–Crippen LogP) is 6.32.